The van der Waals surface area contributed by atoms with Gasteiger partial charge in [0.2, 0.25) is 0 Å². The van der Waals surface area contributed by atoms with E-state index in [2.05, 4.69) is 10.3 Å². The molecule has 0 atom stereocenters. The molecule has 1 aliphatic rings. The van der Waals surface area contributed by atoms with E-state index in [4.69, 9.17) is 10.5 Å². The first-order chi connectivity index (χ1) is 13.5. The Bertz CT molecular complexity index is 1000. The number of methoxy groups -OCH3 is 1. The van der Waals surface area contributed by atoms with Gasteiger partial charge in [-0.05, 0) is 55.5 Å². The molecule has 5 N–H and O–H groups in total. The number of nitrogens with two attached hydrogens (primary N) is 1. The number of carbonyl (C=O) groups excluding carboxylic acids is 1. The van der Waals surface area contributed by atoms with Gasteiger partial charge in [-0.3, -0.25) is 4.79 Å². The second kappa shape index (κ2) is 7.56. The highest BCUT2D eigenvalue weighted by Gasteiger charge is 2.21. The average Bonchev–Trinajstić information content (AvgIpc) is 3.12. The Kier molecular flexibility index (Phi) is 4.96. The van der Waals surface area contributed by atoms with E-state index in [1.54, 1.807) is 13.2 Å². The van der Waals surface area contributed by atoms with Gasteiger partial charge in [0.1, 0.15) is 5.75 Å². The maximum atomic E-state index is 11.9. The van der Waals surface area contributed by atoms with Crippen LogP contribution in [0.5, 0.6) is 5.75 Å². The zero-order valence-corrected chi connectivity index (χ0v) is 15.9. The summed E-state index contributed by atoms with van der Waals surface area (Å²) in [6.07, 6.45) is 5.03. The summed E-state index contributed by atoms with van der Waals surface area (Å²) in [5.74, 6) is 0.348. The Balaban J connectivity index is 1.69. The van der Waals surface area contributed by atoms with Crippen LogP contribution in [0.4, 0.5) is 5.69 Å². The molecule has 0 saturated heterocycles. The predicted octanol–water partition coefficient (Wildman–Crippen LogP) is 3.66. The summed E-state index contributed by atoms with van der Waals surface area (Å²) >= 11 is 0. The number of nitrogens with one attached hydrogen (secondary N) is 2. The number of primary amides is 1. The van der Waals surface area contributed by atoms with Gasteiger partial charge in [0, 0.05) is 40.5 Å². The van der Waals surface area contributed by atoms with Gasteiger partial charge in [-0.15, -0.1) is 0 Å². The maximum Gasteiger partial charge on any atom is 0.250 e. The Morgan fingerprint density at radius 3 is 2.68 bits per heavy atom. The van der Waals surface area contributed by atoms with Crippen LogP contribution in [0, 0.1) is 0 Å². The highest BCUT2D eigenvalue weighted by Crippen LogP contribution is 2.34. The van der Waals surface area contributed by atoms with E-state index >= 15 is 0 Å². The molecule has 3 aromatic rings. The molecule has 1 saturated carbocycles. The number of hydrogen-bond acceptors (Lipinski definition) is 4. The van der Waals surface area contributed by atoms with Crippen molar-refractivity contribution in [3.05, 3.63) is 48.2 Å². The average molecular weight is 379 g/mol. The van der Waals surface area contributed by atoms with Gasteiger partial charge in [-0.1, -0.05) is 6.07 Å². The van der Waals surface area contributed by atoms with Crippen molar-refractivity contribution in [3.63, 3.8) is 0 Å². The number of aliphatic hydroxyl groups is 1. The summed E-state index contributed by atoms with van der Waals surface area (Å²) in [5, 5.41) is 14.3. The lowest BCUT2D eigenvalue weighted by molar-refractivity contribution is 0.100. The molecule has 1 aliphatic carbocycles. The standard InChI is InChI=1S/C22H25N3O3/c1-28-16-7-9-17-19(12-24-20(17)11-16)13-2-8-18(22(23)27)21(10-13)25-14-3-5-15(26)6-4-14/h2,7-12,14-15,24-26H,3-6H2,1H3,(H2,23,27). The lowest BCUT2D eigenvalue weighted by Gasteiger charge is -2.28. The zero-order chi connectivity index (χ0) is 19.7. The normalized spacial score (nSPS) is 19.5. The Labute approximate surface area is 163 Å². The first-order valence-electron chi connectivity index (χ1n) is 9.59. The molecule has 28 heavy (non-hydrogen) atoms. The van der Waals surface area contributed by atoms with Crippen molar-refractivity contribution in [2.75, 3.05) is 12.4 Å². The van der Waals surface area contributed by atoms with Crippen molar-refractivity contribution >= 4 is 22.5 Å². The molecular formula is C22H25N3O3. The second-order valence-electron chi connectivity index (χ2n) is 7.39. The number of benzene rings is 2. The van der Waals surface area contributed by atoms with Crippen LogP contribution in [0.15, 0.2) is 42.6 Å². The number of anilines is 1. The van der Waals surface area contributed by atoms with Crippen LogP contribution in [0.2, 0.25) is 0 Å². The molecule has 1 fully saturated rings. The number of ether oxygens (including phenoxy) is 1. The Morgan fingerprint density at radius 1 is 1.18 bits per heavy atom. The molecule has 1 amide bonds. The number of aliphatic hydroxyl groups excluding tert-OH is 1. The van der Waals surface area contributed by atoms with Gasteiger partial charge < -0.3 is 25.9 Å². The summed E-state index contributed by atoms with van der Waals surface area (Å²) in [5.41, 5.74) is 9.86. The number of amides is 1. The fourth-order valence-corrected chi connectivity index (χ4v) is 3.96. The first-order valence-corrected chi connectivity index (χ1v) is 9.59. The van der Waals surface area contributed by atoms with Crippen LogP contribution in [0.3, 0.4) is 0 Å². The van der Waals surface area contributed by atoms with Gasteiger partial charge in [-0.25, -0.2) is 0 Å². The highest BCUT2D eigenvalue weighted by molar-refractivity contribution is 6.01. The molecule has 0 radical (unpaired) electrons. The van der Waals surface area contributed by atoms with E-state index < -0.39 is 5.91 Å². The summed E-state index contributed by atoms with van der Waals surface area (Å²) in [7, 11) is 1.65. The van der Waals surface area contributed by atoms with E-state index in [-0.39, 0.29) is 12.1 Å². The Morgan fingerprint density at radius 2 is 1.96 bits per heavy atom. The molecule has 6 heteroatoms. The van der Waals surface area contributed by atoms with Crippen LogP contribution >= 0.6 is 0 Å². The molecule has 146 valence electrons. The number of aromatic nitrogens is 1. The molecule has 0 aliphatic heterocycles. The van der Waals surface area contributed by atoms with E-state index in [9.17, 15) is 9.90 Å². The SMILES string of the molecule is COc1ccc2c(-c3ccc(C(N)=O)c(NC4CCC(O)CC4)c3)c[nH]c2c1. The summed E-state index contributed by atoms with van der Waals surface area (Å²) in [4.78, 5) is 15.2. The molecule has 1 heterocycles. The number of carbonyl (C=O) groups is 1. The zero-order valence-electron chi connectivity index (χ0n) is 15.9. The van der Waals surface area contributed by atoms with Crippen molar-refractivity contribution in [1.82, 2.24) is 4.98 Å². The quantitative estimate of drug-likeness (QED) is 0.543. The molecule has 1 aromatic heterocycles. The topological polar surface area (TPSA) is 100 Å². The minimum Gasteiger partial charge on any atom is -0.497 e. The van der Waals surface area contributed by atoms with Gasteiger partial charge in [0.15, 0.2) is 0 Å². The first kappa shape index (κ1) is 18.4. The van der Waals surface area contributed by atoms with Crippen molar-refractivity contribution < 1.29 is 14.6 Å². The predicted molar refractivity (Wildman–Crippen MR) is 111 cm³/mol. The summed E-state index contributed by atoms with van der Waals surface area (Å²) in [6.45, 7) is 0. The van der Waals surface area contributed by atoms with Gasteiger partial charge in [0.25, 0.3) is 5.91 Å². The molecule has 0 spiro atoms. The minimum absolute atomic E-state index is 0.219. The van der Waals surface area contributed by atoms with E-state index in [1.807, 2.05) is 36.5 Å². The van der Waals surface area contributed by atoms with Crippen LogP contribution < -0.4 is 15.8 Å². The van der Waals surface area contributed by atoms with Gasteiger partial charge in [-0.2, -0.15) is 0 Å². The van der Waals surface area contributed by atoms with Crippen molar-refractivity contribution in [2.45, 2.75) is 37.8 Å². The molecule has 0 unspecified atom stereocenters. The van der Waals surface area contributed by atoms with E-state index in [0.29, 0.717) is 5.56 Å². The molecule has 4 rings (SSSR count). The summed E-state index contributed by atoms with van der Waals surface area (Å²) in [6, 6.07) is 11.8. The minimum atomic E-state index is -0.450. The Hall–Kier alpha value is -2.99. The smallest absolute Gasteiger partial charge is 0.250 e. The largest absolute Gasteiger partial charge is 0.497 e. The molecule has 2 aromatic carbocycles. The summed E-state index contributed by atoms with van der Waals surface area (Å²) < 4.78 is 5.29. The monoisotopic (exact) mass is 379 g/mol. The fraction of sp³-hybridized carbons (Fsp3) is 0.318. The van der Waals surface area contributed by atoms with Crippen LogP contribution in [-0.2, 0) is 0 Å². The maximum absolute atomic E-state index is 11.9. The lowest BCUT2D eigenvalue weighted by atomic mass is 9.92. The van der Waals surface area contributed by atoms with Gasteiger partial charge >= 0.3 is 0 Å². The third-order valence-electron chi connectivity index (χ3n) is 5.54. The van der Waals surface area contributed by atoms with E-state index in [0.717, 1.165) is 59.2 Å². The fourth-order valence-electron chi connectivity index (χ4n) is 3.96. The van der Waals surface area contributed by atoms with E-state index in [1.165, 1.54) is 0 Å². The second-order valence-corrected chi connectivity index (χ2v) is 7.39. The van der Waals surface area contributed by atoms with Gasteiger partial charge in [0.05, 0.1) is 18.8 Å². The van der Waals surface area contributed by atoms with Crippen LogP contribution in [0.25, 0.3) is 22.0 Å². The third-order valence-corrected chi connectivity index (χ3v) is 5.54. The van der Waals surface area contributed by atoms with Crippen molar-refractivity contribution in [3.8, 4) is 16.9 Å². The number of H-pyrrole nitrogens is 1. The highest BCUT2D eigenvalue weighted by atomic mass is 16.5. The number of rotatable bonds is 5. The molecular weight excluding hydrogens is 354 g/mol. The number of aromatic amines is 1. The lowest BCUT2D eigenvalue weighted by Crippen LogP contribution is -2.29. The van der Waals surface area contributed by atoms with Crippen LogP contribution in [-0.4, -0.2) is 35.3 Å². The van der Waals surface area contributed by atoms with Crippen molar-refractivity contribution in [2.24, 2.45) is 5.73 Å². The van der Waals surface area contributed by atoms with Crippen molar-refractivity contribution in [1.29, 1.82) is 0 Å². The number of hydrogen-bond donors (Lipinski definition) is 4. The molecule has 6 nitrogen and oxygen atoms in total. The van der Waals surface area contributed by atoms with Crippen LogP contribution in [0.1, 0.15) is 36.0 Å². The number of fused-ring (bicyclic) bond motifs is 1. The molecule has 0 bridgehead atoms. The third kappa shape index (κ3) is 3.55.